The quantitative estimate of drug-likeness (QED) is 0.841. The topological polar surface area (TPSA) is 35.8 Å². The van der Waals surface area contributed by atoms with E-state index in [1.54, 1.807) is 0 Å². The fourth-order valence-electron chi connectivity index (χ4n) is 2.17. The van der Waals surface area contributed by atoms with Crippen LogP contribution in [0, 0.1) is 16.7 Å². The first-order valence-electron chi connectivity index (χ1n) is 6.22. The minimum Gasteiger partial charge on any atom is -0.312 e. The summed E-state index contributed by atoms with van der Waals surface area (Å²) in [4.78, 5) is 0. The van der Waals surface area contributed by atoms with Crippen molar-refractivity contribution in [3.05, 3.63) is 35.4 Å². The van der Waals surface area contributed by atoms with Crippen LogP contribution in [0.3, 0.4) is 0 Å². The molecule has 0 amide bonds. The van der Waals surface area contributed by atoms with Gasteiger partial charge in [-0.2, -0.15) is 5.26 Å². The zero-order chi connectivity index (χ0) is 12.9. The van der Waals surface area contributed by atoms with Crippen LogP contribution in [0.1, 0.15) is 44.4 Å². The Morgan fingerprint density at radius 1 is 1.29 bits per heavy atom. The summed E-state index contributed by atoms with van der Waals surface area (Å²) in [7, 11) is 1.91. The van der Waals surface area contributed by atoms with Crippen molar-refractivity contribution in [2.45, 2.75) is 39.7 Å². The Morgan fingerprint density at radius 2 is 1.88 bits per heavy atom. The first-order chi connectivity index (χ1) is 8.05. The van der Waals surface area contributed by atoms with Gasteiger partial charge >= 0.3 is 0 Å². The summed E-state index contributed by atoms with van der Waals surface area (Å²) in [6.45, 7) is 6.12. The normalized spacial score (nSPS) is 13.1. The van der Waals surface area contributed by atoms with Gasteiger partial charge in [0.25, 0.3) is 0 Å². The van der Waals surface area contributed by atoms with Crippen LogP contribution in [0.25, 0.3) is 0 Å². The molecule has 1 aromatic rings. The van der Waals surface area contributed by atoms with Gasteiger partial charge in [-0.25, -0.2) is 0 Å². The maximum atomic E-state index is 9.21. The summed E-state index contributed by atoms with van der Waals surface area (Å²) in [5.41, 5.74) is 2.14. The molecule has 0 aromatic heterocycles. The molecule has 1 unspecified atom stereocenters. The molecule has 1 aromatic carbocycles. The number of nitrogens with one attached hydrogen (secondary N) is 1. The Balaban J connectivity index is 2.95. The summed E-state index contributed by atoms with van der Waals surface area (Å²) >= 11 is 0. The third-order valence-electron chi connectivity index (χ3n) is 3.15. The van der Waals surface area contributed by atoms with Crippen LogP contribution in [-0.4, -0.2) is 7.05 Å². The molecule has 0 aliphatic carbocycles. The summed E-state index contributed by atoms with van der Waals surface area (Å²) in [5, 5.41) is 12.4. The van der Waals surface area contributed by atoms with E-state index in [9.17, 15) is 5.26 Å². The number of nitrogens with zero attached hydrogens (tertiary/aromatic N) is 1. The second kappa shape index (κ2) is 5.84. The Labute approximate surface area is 105 Å². The summed E-state index contributed by atoms with van der Waals surface area (Å²) < 4.78 is 0. The molecule has 2 heteroatoms. The van der Waals surface area contributed by atoms with E-state index in [4.69, 9.17) is 0 Å². The fourth-order valence-corrected chi connectivity index (χ4v) is 2.17. The van der Waals surface area contributed by atoms with Crippen molar-refractivity contribution in [3.8, 4) is 6.07 Å². The Bertz CT molecular complexity index is 384. The predicted molar refractivity (Wildman–Crippen MR) is 71.6 cm³/mol. The Hall–Kier alpha value is -1.33. The van der Waals surface area contributed by atoms with Crippen LogP contribution >= 0.6 is 0 Å². The first-order valence-corrected chi connectivity index (χ1v) is 6.22. The van der Waals surface area contributed by atoms with E-state index in [1.807, 2.05) is 20.9 Å². The molecular weight excluding hydrogens is 208 g/mol. The smallest absolute Gasteiger partial charge is 0.0712 e. The summed E-state index contributed by atoms with van der Waals surface area (Å²) in [6.07, 6.45) is 2.28. The van der Waals surface area contributed by atoms with E-state index >= 15 is 0 Å². The van der Waals surface area contributed by atoms with E-state index < -0.39 is 5.41 Å². The molecule has 0 fully saturated rings. The molecule has 0 saturated heterocycles. The molecule has 1 atom stereocenters. The van der Waals surface area contributed by atoms with Crippen molar-refractivity contribution in [2.24, 2.45) is 5.41 Å². The summed E-state index contributed by atoms with van der Waals surface area (Å²) in [5.74, 6) is 0. The Kier molecular flexibility index (Phi) is 4.72. The third-order valence-corrected chi connectivity index (χ3v) is 3.15. The fraction of sp³-hybridized carbons (Fsp3) is 0.533. The number of hydrogen-bond acceptors (Lipinski definition) is 2. The van der Waals surface area contributed by atoms with E-state index in [1.165, 1.54) is 17.5 Å². The van der Waals surface area contributed by atoms with Crippen LogP contribution < -0.4 is 5.32 Å². The molecule has 1 N–H and O–H groups in total. The zero-order valence-electron chi connectivity index (χ0n) is 11.2. The molecule has 2 nitrogen and oxygen atoms in total. The molecule has 0 heterocycles. The standard InChI is InChI=1S/C15H22N2/c1-5-6-12-7-9-13(10-8-12)14(17-4)15(2,3)11-16/h7-10,14,17H,5-6H2,1-4H3. The van der Waals surface area contributed by atoms with Crippen LogP contribution in [0.2, 0.25) is 0 Å². The number of rotatable bonds is 5. The van der Waals surface area contributed by atoms with Gasteiger partial charge in [-0.1, -0.05) is 37.6 Å². The van der Waals surface area contributed by atoms with E-state index in [0.29, 0.717) is 0 Å². The molecule has 0 saturated carbocycles. The van der Waals surface area contributed by atoms with Crippen LogP contribution in [0.15, 0.2) is 24.3 Å². The average molecular weight is 230 g/mol. The monoisotopic (exact) mass is 230 g/mol. The van der Waals surface area contributed by atoms with Crippen LogP contribution in [-0.2, 0) is 6.42 Å². The number of nitriles is 1. The van der Waals surface area contributed by atoms with Gasteiger partial charge in [0.05, 0.1) is 17.5 Å². The molecule has 0 radical (unpaired) electrons. The predicted octanol–water partition coefficient (Wildman–Crippen LogP) is 3.45. The van der Waals surface area contributed by atoms with E-state index in [0.717, 1.165) is 6.42 Å². The molecule has 1 rings (SSSR count). The molecule has 92 valence electrons. The van der Waals surface area contributed by atoms with Gasteiger partial charge in [-0.3, -0.25) is 0 Å². The van der Waals surface area contributed by atoms with Gasteiger partial charge in [0, 0.05) is 0 Å². The van der Waals surface area contributed by atoms with E-state index in [-0.39, 0.29) is 6.04 Å². The van der Waals surface area contributed by atoms with Gasteiger partial charge in [-0.05, 0) is 38.4 Å². The second-order valence-corrected chi connectivity index (χ2v) is 5.05. The highest BCUT2D eigenvalue weighted by molar-refractivity contribution is 5.28. The minimum atomic E-state index is -0.402. The van der Waals surface area contributed by atoms with Crippen LogP contribution in [0.5, 0.6) is 0 Å². The van der Waals surface area contributed by atoms with Gasteiger partial charge < -0.3 is 5.32 Å². The van der Waals surface area contributed by atoms with Gasteiger partial charge in [0.15, 0.2) is 0 Å². The molecular formula is C15H22N2. The molecule has 0 bridgehead atoms. The minimum absolute atomic E-state index is 0.0724. The van der Waals surface area contributed by atoms with Gasteiger partial charge in [0.1, 0.15) is 0 Å². The molecule has 0 aliphatic rings. The maximum Gasteiger partial charge on any atom is 0.0712 e. The third kappa shape index (κ3) is 3.31. The largest absolute Gasteiger partial charge is 0.312 e. The number of benzene rings is 1. The SMILES string of the molecule is CCCc1ccc(C(NC)C(C)(C)C#N)cc1. The van der Waals surface area contributed by atoms with Crippen molar-refractivity contribution in [1.82, 2.24) is 5.32 Å². The Morgan fingerprint density at radius 3 is 2.29 bits per heavy atom. The second-order valence-electron chi connectivity index (χ2n) is 5.05. The van der Waals surface area contributed by atoms with Crippen molar-refractivity contribution in [3.63, 3.8) is 0 Å². The highest BCUT2D eigenvalue weighted by Crippen LogP contribution is 2.32. The zero-order valence-corrected chi connectivity index (χ0v) is 11.2. The average Bonchev–Trinajstić information content (AvgIpc) is 2.32. The van der Waals surface area contributed by atoms with Crippen molar-refractivity contribution < 1.29 is 0 Å². The van der Waals surface area contributed by atoms with E-state index in [2.05, 4.69) is 42.6 Å². The lowest BCUT2D eigenvalue weighted by Gasteiger charge is -2.28. The summed E-state index contributed by atoms with van der Waals surface area (Å²) in [6, 6.07) is 11.0. The van der Waals surface area contributed by atoms with Crippen molar-refractivity contribution in [2.75, 3.05) is 7.05 Å². The van der Waals surface area contributed by atoms with Crippen molar-refractivity contribution in [1.29, 1.82) is 5.26 Å². The highest BCUT2D eigenvalue weighted by Gasteiger charge is 2.29. The molecule has 0 aliphatic heterocycles. The lowest BCUT2D eigenvalue weighted by molar-refractivity contribution is 0.344. The van der Waals surface area contributed by atoms with Crippen molar-refractivity contribution >= 4 is 0 Å². The number of aryl methyl sites for hydroxylation is 1. The van der Waals surface area contributed by atoms with Gasteiger partial charge in [-0.15, -0.1) is 0 Å². The lowest BCUT2D eigenvalue weighted by atomic mass is 9.81. The van der Waals surface area contributed by atoms with Crippen LogP contribution in [0.4, 0.5) is 0 Å². The molecule has 17 heavy (non-hydrogen) atoms. The number of hydrogen-bond donors (Lipinski definition) is 1. The first kappa shape index (κ1) is 13.7. The van der Waals surface area contributed by atoms with Gasteiger partial charge in [0.2, 0.25) is 0 Å². The lowest BCUT2D eigenvalue weighted by Crippen LogP contribution is -2.30. The molecule has 0 spiro atoms. The highest BCUT2D eigenvalue weighted by atomic mass is 14.9. The maximum absolute atomic E-state index is 9.21.